The summed E-state index contributed by atoms with van der Waals surface area (Å²) in [6.07, 6.45) is 0. The summed E-state index contributed by atoms with van der Waals surface area (Å²) in [7, 11) is 0. The summed E-state index contributed by atoms with van der Waals surface area (Å²) >= 11 is 1.26. The summed E-state index contributed by atoms with van der Waals surface area (Å²) in [6, 6.07) is 13.9. The van der Waals surface area contributed by atoms with E-state index in [2.05, 4.69) is 20.6 Å². The number of anilines is 1. The lowest BCUT2D eigenvalue weighted by molar-refractivity contribution is -0.115. The summed E-state index contributed by atoms with van der Waals surface area (Å²) in [5.74, 6) is -1.21. The fraction of sp³-hybridized carbons (Fsp3) is 0.0526. The number of nitrogens with zero attached hydrogens (tertiary/aromatic N) is 1. The molecule has 0 saturated heterocycles. The van der Waals surface area contributed by atoms with Gasteiger partial charge in [-0.15, -0.1) is 11.3 Å². The highest BCUT2D eigenvalue weighted by Crippen LogP contribution is 2.26. The normalized spacial score (nSPS) is 10.7. The van der Waals surface area contributed by atoms with Crippen molar-refractivity contribution < 1.29 is 14.0 Å². The van der Waals surface area contributed by atoms with Gasteiger partial charge in [0.2, 0.25) is 5.91 Å². The Morgan fingerprint density at radius 3 is 2.79 bits per heavy atom. The number of hydrogen-bond donors (Lipinski definition) is 3. The lowest BCUT2D eigenvalue weighted by atomic mass is 10.1. The molecular formula is C19H14N4O4S. The summed E-state index contributed by atoms with van der Waals surface area (Å²) in [5, 5.41) is 7.42. The van der Waals surface area contributed by atoms with Crippen molar-refractivity contribution in [2.75, 3.05) is 11.9 Å². The number of H-pyrrole nitrogens is 1. The third-order valence-electron chi connectivity index (χ3n) is 3.91. The van der Waals surface area contributed by atoms with Gasteiger partial charge in [-0.3, -0.25) is 14.6 Å². The van der Waals surface area contributed by atoms with Crippen LogP contribution in [0.4, 0.5) is 5.13 Å². The third-order valence-corrected chi connectivity index (χ3v) is 4.67. The van der Waals surface area contributed by atoms with E-state index in [0.29, 0.717) is 27.5 Å². The number of thiazole rings is 1. The maximum Gasteiger partial charge on any atom is 0.417 e. The molecule has 0 saturated carbocycles. The minimum atomic E-state index is -0.518. The number of fused-ring (bicyclic) bond motifs is 1. The predicted octanol–water partition coefficient (Wildman–Crippen LogP) is 2.61. The summed E-state index contributed by atoms with van der Waals surface area (Å²) < 4.78 is 4.97. The molecule has 2 heterocycles. The van der Waals surface area contributed by atoms with Crippen molar-refractivity contribution in [1.29, 1.82) is 0 Å². The van der Waals surface area contributed by atoms with E-state index < -0.39 is 5.76 Å². The Hall–Kier alpha value is -3.72. The molecule has 9 heteroatoms. The Bertz CT molecular complexity index is 1210. The first kappa shape index (κ1) is 17.7. The molecule has 28 heavy (non-hydrogen) atoms. The molecule has 0 radical (unpaired) electrons. The van der Waals surface area contributed by atoms with Crippen LogP contribution < -0.4 is 16.4 Å². The zero-order valence-electron chi connectivity index (χ0n) is 14.4. The largest absolute Gasteiger partial charge is 0.417 e. The minimum absolute atomic E-state index is 0.162. The van der Waals surface area contributed by atoms with Gasteiger partial charge in [-0.25, -0.2) is 9.78 Å². The topological polar surface area (TPSA) is 117 Å². The molecule has 0 atom stereocenters. The predicted molar refractivity (Wildman–Crippen MR) is 105 cm³/mol. The van der Waals surface area contributed by atoms with E-state index in [1.807, 2.05) is 6.07 Å². The highest BCUT2D eigenvalue weighted by Gasteiger charge is 2.11. The molecule has 4 rings (SSSR count). The lowest BCUT2D eigenvalue weighted by Crippen LogP contribution is -2.32. The first-order valence-electron chi connectivity index (χ1n) is 8.30. The van der Waals surface area contributed by atoms with E-state index in [4.69, 9.17) is 4.42 Å². The molecule has 3 N–H and O–H groups in total. The van der Waals surface area contributed by atoms with E-state index in [1.54, 1.807) is 47.8 Å². The number of amides is 2. The second-order valence-electron chi connectivity index (χ2n) is 5.86. The van der Waals surface area contributed by atoms with Gasteiger partial charge >= 0.3 is 5.76 Å². The van der Waals surface area contributed by atoms with Crippen molar-refractivity contribution in [2.45, 2.75) is 0 Å². The SMILES string of the molecule is O=C(CNC(=O)c1ccccc1)Nc1nc(-c2ccc3oc(=O)[nH]c3c2)cs1. The molecule has 0 aliphatic rings. The van der Waals surface area contributed by atoms with Crippen molar-refractivity contribution >= 4 is 39.4 Å². The Morgan fingerprint density at radius 2 is 1.96 bits per heavy atom. The number of carbonyl (C=O) groups excluding carboxylic acids is 2. The fourth-order valence-electron chi connectivity index (χ4n) is 2.59. The van der Waals surface area contributed by atoms with Crippen LogP contribution in [0.25, 0.3) is 22.4 Å². The van der Waals surface area contributed by atoms with Crippen LogP contribution in [-0.4, -0.2) is 28.3 Å². The molecule has 2 aromatic heterocycles. The molecule has 0 aliphatic heterocycles. The van der Waals surface area contributed by atoms with Crippen LogP contribution in [0, 0.1) is 0 Å². The monoisotopic (exact) mass is 394 g/mol. The van der Waals surface area contributed by atoms with Crippen molar-refractivity contribution in [3.8, 4) is 11.3 Å². The zero-order chi connectivity index (χ0) is 19.5. The maximum absolute atomic E-state index is 12.1. The molecule has 0 aliphatic carbocycles. The number of benzene rings is 2. The maximum atomic E-state index is 12.1. The number of hydrogen-bond acceptors (Lipinski definition) is 6. The van der Waals surface area contributed by atoms with Gasteiger partial charge in [-0.05, 0) is 30.3 Å². The van der Waals surface area contributed by atoms with Gasteiger partial charge in [0.05, 0.1) is 17.8 Å². The molecule has 0 fully saturated rings. The van der Waals surface area contributed by atoms with Gasteiger partial charge in [-0.2, -0.15) is 0 Å². The zero-order valence-corrected chi connectivity index (χ0v) is 15.2. The number of aromatic amines is 1. The molecule has 0 bridgehead atoms. The Kier molecular flexibility index (Phi) is 4.73. The van der Waals surface area contributed by atoms with E-state index >= 15 is 0 Å². The molecule has 0 spiro atoms. The number of oxazole rings is 1. The van der Waals surface area contributed by atoms with Crippen LogP contribution in [0.15, 0.2) is 63.1 Å². The van der Waals surface area contributed by atoms with Gasteiger partial charge in [-0.1, -0.05) is 18.2 Å². The second kappa shape index (κ2) is 7.49. The number of carbonyl (C=O) groups is 2. The third kappa shape index (κ3) is 3.84. The molecule has 4 aromatic rings. The average Bonchev–Trinajstić information content (AvgIpc) is 3.31. The van der Waals surface area contributed by atoms with Crippen LogP contribution >= 0.6 is 11.3 Å². The van der Waals surface area contributed by atoms with E-state index in [0.717, 1.165) is 5.56 Å². The second-order valence-corrected chi connectivity index (χ2v) is 6.72. The van der Waals surface area contributed by atoms with Crippen LogP contribution in [-0.2, 0) is 4.79 Å². The Morgan fingerprint density at radius 1 is 1.14 bits per heavy atom. The van der Waals surface area contributed by atoms with Gasteiger partial charge in [0.25, 0.3) is 5.91 Å². The van der Waals surface area contributed by atoms with Crippen molar-refractivity contribution in [3.05, 3.63) is 70.0 Å². The highest BCUT2D eigenvalue weighted by molar-refractivity contribution is 7.14. The van der Waals surface area contributed by atoms with Crippen molar-refractivity contribution in [1.82, 2.24) is 15.3 Å². The first-order chi connectivity index (χ1) is 13.6. The summed E-state index contributed by atoms with van der Waals surface area (Å²) in [4.78, 5) is 42.2. The molecule has 2 aromatic carbocycles. The summed E-state index contributed by atoms with van der Waals surface area (Å²) in [5.41, 5.74) is 2.95. The molecule has 0 unspecified atom stereocenters. The summed E-state index contributed by atoms with van der Waals surface area (Å²) in [6.45, 7) is -0.162. The van der Waals surface area contributed by atoms with Crippen LogP contribution in [0.3, 0.4) is 0 Å². The van der Waals surface area contributed by atoms with Crippen LogP contribution in [0.5, 0.6) is 0 Å². The lowest BCUT2D eigenvalue weighted by Gasteiger charge is -2.05. The Labute approximate surface area is 162 Å². The van der Waals surface area contributed by atoms with E-state index in [1.165, 1.54) is 11.3 Å². The molecule has 8 nitrogen and oxygen atoms in total. The molecular weight excluding hydrogens is 380 g/mol. The van der Waals surface area contributed by atoms with Crippen LogP contribution in [0.2, 0.25) is 0 Å². The first-order valence-corrected chi connectivity index (χ1v) is 9.18. The van der Waals surface area contributed by atoms with Crippen molar-refractivity contribution in [2.24, 2.45) is 0 Å². The van der Waals surface area contributed by atoms with Crippen molar-refractivity contribution in [3.63, 3.8) is 0 Å². The molecule has 140 valence electrons. The number of rotatable bonds is 5. The van der Waals surface area contributed by atoms with Gasteiger partial charge in [0.1, 0.15) is 0 Å². The van der Waals surface area contributed by atoms with Gasteiger partial charge < -0.3 is 15.1 Å². The smallest absolute Gasteiger partial charge is 0.408 e. The minimum Gasteiger partial charge on any atom is -0.408 e. The fourth-order valence-corrected chi connectivity index (χ4v) is 3.33. The van der Waals surface area contributed by atoms with Gasteiger partial charge in [0.15, 0.2) is 10.7 Å². The van der Waals surface area contributed by atoms with Crippen LogP contribution in [0.1, 0.15) is 10.4 Å². The number of aromatic nitrogens is 2. The van der Waals surface area contributed by atoms with E-state index in [9.17, 15) is 14.4 Å². The number of nitrogens with one attached hydrogen (secondary N) is 3. The van der Waals surface area contributed by atoms with E-state index in [-0.39, 0.29) is 18.4 Å². The average molecular weight is 394 g/mol. The Balaban J connectivity index is 1.39. The quantitative estimate of drug-likeness (QED) is 0.481. The highest BCUT2D eigenvalue weighted by atomic mass is 32.1. The van der Waals surface area contributed by atoms with Gasteiger partial charge in [0, 0.05) is 16.5 Å². The molecule has 2 amide bonds. The standard InChI is InChI=1S/C19H14N4O4S/c24-16(9-20-17(25)11-4-2-1-3-5-11)23-18-21-14(10-28-18)12-6-7-15-13(8-12)22-19(26)27-15/h1-8,10H,9H2,(H,20,25)(H,22,26)(H,21,23,24).